The molecule has 1 N–H and O–H groups in total. The van der Waals surface area contributed by atoms with Crippen LogP contribution in [0.1, 0.15) is 16.7 Å². The smallest absolute Gasteiger partial charge is 0.193 e. The van der Waals surface area contributed by atoms with E-state index >= 15 is 0 Å². The second kappa shape index (κ2) is 4.47. The van der Waals surface area contributed by atoms with Crippen LogP contribution in [0, 0.1) is 0 Å². The van der Waals surface area contributed by atoms with Crippen molar-refractivity contribution in [2.75, 3.05) is 0 Å². The fourth-order valence-electron chi connectivity index (χ4n) is 1.11. The van der Waals surface area contributed by atoms with Crippen molar-refractivity contribution in [1.82, 2.24) is 0 Å². The maximum Gasteiger partial charge on any atom is 0.193 e. The molecule has 0 bridgehead atoms. The average Bonchev–Trinajstić information content (AvgIpc) is 2.74. The molecular formula is C9H5BrCl2O2S. The van der Waals surface area contributed by atoms with Crippen molar-refractivity contribution < 1.29 is 9.52 Å². The molecule has 2 rings (SSSR count). The summed E-state index contributed by atoms with van der Waals surface area (Å²) in [6.07, 6.45) is -0.827. The fraction of sp³-hybridized carbons (Fsp3) is 0.111. The number of furan rings is 1. The van der Waals surface area contributed by atoms with Gasteiger partial charge in [0.05, 0.1) is 0 Å². The van der Waals surface area contributed by atoms with E-state index in [-0.39, 0.29) is 5.22 Å². The minimum Gasteiger partial charge on any atom is -0.447 e. The number of aliphatic hydroxyl groups is 1. The van der Waals surface area contributed by atoms with E-state index in [9.17, 15) is 5.11 Å². The van der Waals surface area contributed by atoms with Crippen LogP contribution in [0.25, 0.3) is 0 Å². The molecule has 1 atom stereocenters. The highest BCUT2D eigenvalue weighted by Gasteiger charge is 2.18. The van der Waals surface area contributed by atoms with Gasteiger partial charge in [-0.1, -0.05) is 11.6 Å². The van der Waals surface area contributed by atoms with Crippen LogP contribution in [-0.4, -0.2) is 5.11 Å². The van der Waals surface area contributed by atoms with E-state index in [1.807, 2.05) is 0 Å². The van der Waals surface area contributed by atoms with Gasteiger partial charge in [-0.15, -0.1) is 11.3 Å². The lowest BCUT2D eigenvalue weighted by atomic mass is 10.2. The quantitative estimate of drug-likeness (QED) is 0.881. The predicted molar refractivity (Wildman–Crippen MR) is 64.8 cm³/mol. The van der Waals surface area contributed by atoms with Crippen LogP contribution >= 0.6 is 50.5 Å². The summed E-state index contributed by atoms with van der Waals surface area (Å²) in [7, 11) is 0. The monoisotopic (exact) mass is 326 g/mol. The van der Waals surface area contributed by atoms with Gasteiger partial charge in [-0.05, 0) is 45.7 Å². The van der Waals surface area contributed by atoms with Crippen molar-refractivity contribution in [2.45, 2.75) is 6.10 Å². The Labute approximate surface area is 109 Å². The van der Waals surface area contributed by atoms with Gasteiger partial charge < -0.3 is 9.52 Å². The van der Waals surface area contributed by atoms with E-state index in [0.29, 0.717) is 15.0 Å². The van der Waals surface area contributed by atoms with Gasteiger partial charge in [0.15, 0.2) is 5.22 Å². The first kappa shape index (κ1) is 11.5. The molecule has 2 aromatic heterocycles. The molecule has 2 aromatic rings. The molecule has 1 unspecified atom stereocenters. The summed E-state index contributed by atoms with van der Waals surface area (Å²) < 4.78 is 6.48. The first-order valence-electron chi connectivity index (χ1n) is 3.96. The standard InChI is InChI=1S/C9H5BrCl2O2S/c10-4-3-6(15-9(4)12)8(13)5-1-2-7(11)14-5/h1-3,8,13H. The number of aliphatic hydroxyl groups excluding tert-OH is 1. The number of thiophene rings is 1. The summed E-state index contributed by atoms with van der Waals surface area (Å²) >= 11 is 16.1. The van der Waals surface area contributed by atoms with Crippen LogP contribution in [0.2, 0.25) is 9.56 Å². The predicted octanol–water partition coefficient (Wildman–Crippen LogP) is 4.49. The lowest BCUT2D eigenvalue weighted by molar-refractivity contribution is 0.193. The third-order valence-corrected chi connectivity index (χ3v) is 4.53. The Balaban J connectivity index is 2.31. The van der Waals surface area contributed by atoms with Crippen molar-refractivity contribution in [3.63, 3.8) is 0 Å². The lowest BCUT2D eigenvalue weighted by Crippen LogP contribution is -1.93. The van der Waals surface area contributed by atoms with E-state index in [1.165, 1.54) is 11.3 Å². The Bertz CT molecular complexity index is 461. The molecule has 15 heavy (non-hydrogen) atoms. The number of hydrogen-bond acceptors (Lipinski definition) is 3. The van der Waals surface area contributed by atoms with Gasteiger partial charge in [0.1, 0.15) is 16.2 Å². The normalized spacial score (nSPS) is 13.1. The molecule has 0 aliphatic carbocycles. The first-order valence-corrected chi connectivity index (χ1v) is 6.32. The summed E-state index contributed by atoms with van der Waals surface area (Å²) in [6, 6.07) is 4.98. The van der Waals surface area contributed by atoms with Gasteiger partial charge >= 0.3 is 0 Å². The second-order valence-electron chi connectivity index (χ2n) is 2.81. The van der Waals surface area contributed by atoms with E-state index < -0.39 is 6.10 Å². The molecule has 6 heteroatoms. The fourth-order valence-corrected chi connectivity index (χ4v) is 3.00. The van der Waals surface area contributed by atoms with E-state index in [0.717, 1.165) is 4.47 Å². The molecule has 0 fully saturated rings. The Kier molecular flexibility index (Phi) is 3.42. The zero-order valence-corrected chi connectivity index (χ0v) is 11.1. The summed E-state index contributed by atoms with van der Waals surface area (Å²) in [6.45, 7) is 0. The number of hydrogen-bond donors (Lipinski definition) is 1. The summed E-state index contributed by atoms with van der Waals surface area (Å²) in [4.78, 5) is 0.706. The Morgan fingerprint density at radius 1 is 1.40 bits per heavy atom. The van der Waals surface area contributed by atoms with Gasteiger partial charge in [0.25, 0.3) is 0 Å². The van der Waals surface area contributed by atoms with Crippen molar-refractivity contribution in [3.8, 4) is 0 Å². The minimum atomic E-state index is -0.827. The maximum atomic E-state index is 9.92. The van der Waals surface area contributed by atoms with Crippen LogP contribution in [0.3, 0.4) is 0 Å². The molecule has 80 valence electrons. The lowest BCUT2D eigenvalue weighted by Gasteiger charge is -2.03. The Morgan fingerprint density at radius 2 is 2.13 bits per heavy atom. The van der Waals surface area contributed by atoms with E-state index in [1.54, 1.807) is 18.2 Å². The first-order chi connectivity index (χ1) is 7.08. The van der Waals surface area contributed by atoms with E-state index in [2.05, 4.69) is 15.9 Å². The van der Waals surface area contributed by atoms with Crippen molar-refractivity contribution >= 4 is 50.5 Å². The highest BCUT2D eigenvalue weighted by Crippen LogP contribution is 2.37. The van der Waals surface area contributed by atoms with Crippen LogP contribution in [-0.2, 0) is 0 Å². The van der Waals surface area contributed by atoms with Crippen molar-refractivity contribution in [1.29, 1.82) is 0 Å². The number of halogens is 3. The zero-order valence-electron chi connectivity index (χ0n) is 7.21. The van der Waals surface area contributed by atoms with Gasteiger partial charge in [-0.25, -0.2) is 0 Å². The molecule has 0 radical (unpaired) electrons. The highest BCUT2D eigenvalue weighted by molar-refractivity contribution is 9.10. The molecular weight excluding hydrogens is 323 g/mol. The zero-order chi connectivity index (χ0) is 11.0. The van der Waals surface area contributed by atoms with Gasteiger partial charge in [-0.3, -0.25) is 0 Å². The molecule has 2 nitrogen and oxygen atoms in total. The minimum absolute atomic E-state index is 0.255. The third-order valence-electron chi connectivity index (χ3n) is 1.80. The van der Waals surface area contributed by atoms with Crippen molar-refractivity contribution in [2.24, 2.45) is 0 Å². The molecule has 0 aliphatic rings. The van der Waals surface area contributed by atoms with Crippen molar-refractivity contribution in [3.05, 3.63) is 42.9 Å². The molecule has 0 aliphatic heterocycles. The van der Waals surface area contributed by atoms with Crippen LogP contribution in [0.4, 0.5) is 0 Å². The molecule has 0 saturated heterocycles. The molecule has 2 heterocycles. The van der Waals surface area contributed by atoms with Crippen LogP contribution < -0.4 is 0 Å². The van der Waals surface area contributed by atoms with Gasteiger partial charge in [0.2, 0.25) is 0 Å². The van der Waals surface area contributed by atoms with Gasteiger partial charge in [0, 0.05) is 9.35 Å². The molecule has 0 spiro atoms. The molecule has 0 saturated carbocycles. The summed E-state index contributed by atoms with van der Waals surface area (Å²) in [5.74, 6) is 0.408. The van der Waals surface area contributed by atoms with Crippen LogP contribution in [0.15, 0.2) is 27.1 Å². The largest absolute Gasteiger partial charge is 0.447 e. The molecule has 0 aromatic carbocycles. The highest BCUT2D eigenvalue weighted by atomic mass is 79.9. The SMILES string of the molecule is OC(c1ccc(Cl)o1)c1cc(Br)c(Cl)s1. The Hall–Kier alpha value is -0.000000000000000139. The molecule has 0 amide bonds. The topological polar surface area (TPSA) is 33.4 Å². The van der Waals surface area contributed by atoms with Crippen LogP contribution in [0.5, 0.6) is 0 Å². The third kappa shape index (κ3) is 2.40. The van der Waals surface area contributed by atoms with Gasteiger partial charge in [-0.2, -0.15) is 0 Å². The summed E-state index contributed by atoms with van der Waals surface area (Å²) in [5, 5.41) is 10.2. The van der Waals surface area contributed by atoms with E-state index in [4.69, 9.17) is 27.6 Å². The average molecular weight is 328 g/mol. The Morgan fingerprint density at radius 3 is 2.60 bits per heavy atom. The second-order valence-corrected chi connectivity index (χ2v) is 5.73. The maximum absolute atomic E-state index is 9.92. The number of rotatable bonds is 2. The summed E-state index contributed by atoms with van der Waals surface area (Å²) in [5.41, 5.74) is 0.